The van der Waals surface area contributed by atoms with Crippen LogP contribution < -0.4 is 0 Å². The van der Waals surface area contributed by atoms with E-state index < -0.39 is 18.5 Å². The molecule has 0 aromatic rings. The summed E-state index contributed by atoms with van der Waals surface area (Å²) < 4.78 is 14.4. The number of carbonyl (C=O) groups excluding carboxylic acids is 1. The lowest BCUT2D eigenvalue weighted by Crippen LogP contribution is -2.20. The molecule has 2 atom stereocenters. The highest BCUT2D eigenvalue weighted by atomic mass is 16.8. The van der Waals surface area contributed by atoms with Crippen LogP contribution in [0.25, 0.3) is 0 Å². The molecular formula is C6H10O5. The molecule has 1 aliphatic rings. The molecule has 1 saturated heterocycles. The molecular weight excluding hydrogens is 152 g/mol. The first kappa shape index (κ1) is 8.45. The third kappa shape index (κ3) is 2.45. The van der Waals surface area contributed by atoms with Crippen molar-refractivity contribution in [3.63, 3.8) is 0 Å². The molecule has 5 heteroatoms. The molecule has 1 fully saturated rings. The van der Waals surface area contributed by atoms with E-state index in [1.807, 2.05) is 0 Å². The van der Waals surface area contributed by atoms with E-state index in [0.717, 1.165) is 0 Å². The number of aliphatic hydroxyl groups is 1. The molecule has 5 nitrogen and oxygen atoms in total. The summed E-state index contributed by atoms with van der Waals surface area (Å²) in [6.07, 6.45) is -1.32. The molecule has 0 aliphatic carbocycles. The van der Waals surface area contributed by atoms with Gasteiger partial charge in [-0.15, -0.1) is 0 Å². The lowest BCUT2D eigenvalue weighted by molar-refractivity contribution is -0.177. The number of carbonyl (C=O) groups is 1. The minimum atomic E-state index is -0.662. The maximum absolute atomic E-state index is 10.4. The average Bonchev–Trinajstić information content (AvgIpc) is 2.34. The Hall–Kier alpha value is -0.650. The van der Waals surface area contributed by atoms with Crippen molar-refractivity contribution in [3.05, 3.63) is 0 Å². The van der Waals surface area contributed by atoms with Crippen LogP contribution in [0, 0.1) is 0 Å². The standard InChI is InChI=1S/C6H10O5/c1-4(8)10-6-3-9-5(2-7)11-6/h5-7H,2-3H2,1H3/t5-,6?/m0/s1. The second kappa shape index (κ2) is 3.66. The van der Waals surface area contributed by atoms with E-state index in [1.54, 1.807) is 0 Å². The van der Waals surface area contributed by atoms with Crippen LogP contribution in [0.5, 0.6) is 0 Å². The molecule has 64 valence electrons. The Morgan fingerprint density at radius 2 is 2.55 bits per heavy atom. The van der Waals surface area contributed by atoms with Gasteiger partial charge >= 0.3 is 5.97 Å². The Labute approximate surface area is 63.9 Å². The SMILES string of the molecule is CC(=O)OC1CO[C@H](CO)O1. The van der Waals surface area contributed by atoms with Crippen molar-refractivity contribution in [1.82, 2.24) is 0 Å². The molecule has 0 aromatic heterocycles. The summed E-state index contributed by atoms with van der Waals surface area (Å²) in [7, 11) is 0. The van der Waals surface area contributed by atoms with Gasteiger partial charge in [-0.3, -0.25) is 4.79 Å². The van der Waals surface area contributed by atoms with Crippen LogP contribution >= 0.6 is 0 Å². The Bertz CT molecular complexity index is 146. The molecule has 0 radical (unpaired) electrons. The predicted molar refractivity (Wildman–Crippen MR) is 33.5 cm³/mol. The summed E-state index contributed by atoms with van der Waals surface area (Å²) in [6.45, 7) is 1.25. The van der Waals surface area contributed by atoms with E-state index in [0.29, 0.717) is 0 Å². The zero-order valence-electron chi connectivity index (χ0n) is 6.15. The van der Waals surface area contributed by atoms with E-state index >= 15 is 0 Å². The Morgan fingerprint density at radius 3 is 3.00 bits per heavy atom. The van der Waals surface area contributed by atoms with Crippen molar-refractivity contribution in [2.75, 3.05) is 13.2 Å². The normalized spacial score (nSPS) is 30.4. The van der Waals surface area contributed by atoms with Gasteiger partial charge in [-0.25, -0.2) is 0 Å². The van der Waals surface area contributed by atoms with Crippen LogP contribution in [0.2, 0.25) is 0 Å². The fourth-order valence-electron chi connectivity index (χ4n) is 0.776. The smallest absolute Gasteiger partial charge is 0.305 e. The lowest BCUT2D eigenvalue weighted by Gasteiger charge is -2.08. The first-order valence-corrected chi connectivity index (χ1v) is 3.27. The van der Waals surface area contributed by atoms with Crippen molar-refractivity contribution in [3.8, 4) is 0 Å². The van der Waals surface area contributed by atoms with Crippen LogP contribution in [0.3, 0.4) is 0 Å². The van der Waals surface area contributed by atoms with Gasteiger partial charge in [0.05, 0.1) is 6.61 Å². The predicted octanol–water partition coefficient (Wildman–Crippen LogP) is -0.759. The van der Waals surface area contributed by atoms with Crippen LogP contribution in [0.1, 0.15) is 6.92 Å². The first-order chi connectivity index (χ1) is 5.22. The summed E-state index contributed by atoms with van der Waals surface area (Å²) in [5.41, 5.74) is 0. The van der Waals surface area contributed by atoms with Gasteiger partial charge in [0.25, 0.3) is 0 Å². The maximum atomic E-state index is 10.4. The quantitative estimate of drug-likeness (QED) is 0.541. The maximum Gasteiger partial charge on any atom is 0.305 e. The van der Waals surface area contributed by atoms with Crippen molar-refractivity contribution in [2.24, 2.45) is 0 Å². The van der Waals surface area contributed by atoms with Crippen molar-refractivity contribution in [1.29, 1.82) is 0 Å². The summed E-state index contributed by atoms with van der Waals surface area (Å²) >= 11 is 0. The van der Waals surface area contributed by atoms with Crippen LogP contribution in [0.4, 0.5) is 0 Å². The number of rotatable bonds is 2. The molecule has 1 unspecified atom stereocenters. The third-order valence-electron chi connectivity index (χ3n) is 1.17. The van der Waals surface area contributed by atoms with Crippen molar-refractivity contribution in [2.45, 2.75) is 19.5 Å². The summed E-state index contributed by atoms with van der Waals surface area (Å²) in [6, 6.07) is 0. The van der Waals surface area contributed by atoms with Crippen LogP contribution in [-0.4, -0.2) is 36.9 Å². The summed E-state index contributed by atoms with van der Waals surface area (Å²) in [5, 5.41) is 8.53. The molecule has 0 aromatic carbocycles. The molecule has 0 spiro atoms. The molecule has 0 amide bonds. The first-order valence-electron chi connectivity index (χ1n) is 3.27. The minimum absolute atomic E-state index is 0.185. The fraction of sp³-hybridized carbons (Fsp3) is 0.833. The molecule has 11 heavy (non-hydrogen) atoms. The van der Waals surface area contributed by atoms with E-state index in [1.165, 1.54) is 6.92 Å². The topological polar surface area (TPSA) is 65.0 Å². The van der Waals surface area contributed by atoms with E-state index in [-0.39, 0.29) is 13.2 Å². The number of aliphatic hydroxyl groups excluding tert-OH is 1. The molecule has 0 bridgehead atoms. The van der Waals surface area contributed by atoms with Gasteiger partial charge in [0, 0.05) is 6.92 Å². The number of esters is 1. The highest BCUT2D eigenvalue weighted by Gasteiger charge is 2.27. The van der Waals surface area contributed by atoms with Gasteiger partial charge in [-0.2, -0.15) is 0 Å². The Kier molecular flexibility index (Phi) is 2.81. The highest BCUT2D eigenvalue weighted by Crippen LogP contribution is 2.11. The number of hydrogen-bond donors (Lipinski definition) is 1. The van der Waals surface area contributed by atoms with Crippen LogP contribution in [0.15, 0.2) is 0 Å². The highest BCUT2D eigenvalue weighted by molar-refractivity contribution is 5.66. The summed E-state index contributed by atoms with van der Waals surface area (Å²) in [5.74, 6) is -0.419. The number of hydrogen-bond acceptors (Lipinski definition) is 5. The molecule has 1 rings (SSSR count). The monoisotopic (exact) mass is 162 g/mol. The molecule has 1 aliphatic heterocycles. The summed E-state index contributed by atoms with van der Waals surface area (Å²) in [4.78, 5) is 10.4. The van der Waals surface area contributed by atoms with Gasteiger partial charge in [0.1, 0.15) is 6.61 Å². The zero-order chi connectivity index (χ0) is 8.27. The Balaban J connectivity index is 2.24. The zero-order valence-corrected chi connectivity index (χ0v) is 6.15. The van der Waals surface area contributed by atoms with E-state index in [2.05, 4.69) is 4.74 Å². The van der Waals surface area contributed by atoms with Crippen molar-refractivity contribution < 1.29 is 24.1 Å². The average molecular weight is 162 g/mol. The van der Waals surface area contributed by atoms with E-state index in [4.69, 9.17) is 14.6 Å². The lowest BCUT2D eigenvalue weighted by atomic mass is 10.7. The van der Waals surface area contributed by atoms with Gasteiger partial charge < -0.3 is 19.3 Å². The Morgan fingerprint density at radius 1 is 1.82 bits per heavy atom. The molecule has 1 heterocycles. The minimum Gasteiger partial charge on any atom is -0.433 e. The fourth-order valence-corrected chi connectivity index (χ4v) is 0.776. The second-order valence-corrected chi connectivity index (χ2v) is 2.12. The largest absolute Gasteiger partial charge is 0.433 e. The van der Waals surface area contributed by atoms with Crippen LogP contribution in [-0.2, 0) is 19.0 Å². The van der Waals surface area contributed by atoms with Gasteiger partial charge in [-0.05, 0) is 0 Å². The molecule has 1 N–H and O–H groups in total. The van der Waals surface area contributed by atoms with Gasteiger partial charge in [-0.1, -0.05) is 0 Å². The van der Waals surface area contributed by atoms with Gasteiger partial charge in [0.2, 0.25) is 6.29 Å². The van der Waals surface area contributed by atoms with Crippen molar-refractivity contribution >= 4 is 5.97 Å². The van der Waals surface area contributed by atoms with E-state index in [9.17, 15) is 4.79 Å². The number of ether oxygens (including phenoxy) is 3. The molecule has 0 saturated carbocycles. The van der Waals surface area contributed by atoms with Gasteiger partial charge in [0.15, 0.2) is 6.29 Å². The second-order valence-electron chi connectivity index (χ2n) is 2.12. The third-order valence-corrected chi connectivity index (χ3v) is 1.17.